The van der Waals surface area contributed by atoms with Crippen molar-refractivity contribution in [3.63, 3.8) is 0 Å². The van der Waals surface area contributed by atoms with Gasteiger partial charge in [0.05, 0.1) is 10.4 Å². The van der Waals surface area contributed by atoms with Gasteiger partial charge in [-0.25, -0.2) is 4.79 Å². The maximum Gasteiger partial charge on any atom is 0.338 e. The number of carbonyl (C=O) groups is 3. The normalized spacial score (nSPS) is 10.2. The molecule has 0 bridgehead atoms. The third kappa shape index (κ3) is 4.08. The van der Waals surface area contributed by atoms with Crippen molar-refractivity contribution < 1.29 is 19.1 Å². The fourth-order valence-electron chi connectivity index (χ4n) is 2.24. The second-order valence-corrected chi connectivity index (χ2v) is 6.20. The predicted octanol–water partition coefficient (Wildman–Crippen LogP) is 4.02. The summed E-state index contributed by atoms with van der Waals surface area (Å²) in [4.78, 5) is 36.7. The van der Waals surface area contributed by atoms with Crippen LogP contribution in [0.15, 0.2) is 72.1 Å². The molecule has 3 aromatic rings. The lowest BCUT2D eigenvalue weighted by Crippen LogP contribution is -2.13. The standard InChI is InChI=1S/C20H14O4S/c21-17(18-7-4-12-25-18)13-24-20(23)16-10-8-15(9-11-16)19(22)14-5-2-1-3-6-14/h1-12H,13H2. The molecular formula is C20H14O4S. The number of thiophene rings is 1. The quantitative estimate of drug-likeness (QED) is 0.498. The van der Waals surface area contributed by atoms with Gasteiger partial charge in [0, 0.05) is 11.1 Å². The zero-order valence-electron chi connectivity index (χ0n) is 13.2. The van der Waals surface area contributed by atoms with Crippen LogP contribution >= 0.6 is 11.3 Å². The number of hydrogen-bond donors (Lipinski definition) is 0. The molecule has 0 amide bonds. The lowest BCUT2D eigenvalue weighted by molar-refractivity contribution is 0.0475. The van der Waals surface area contributed by atoms with Crippen LogP contribution in [0.5, 0.6) is 0 Å². The highest BCUT2D eigenvalue weighted by atomic mass is 32.1. The molecule has 0 unspecified atom stereocenters. The summed E-state index contributed by atoms with van der Waals surface area (Å²) in [5.74, 6) is -0.948. The summed E-state index contributed by atoms with van der Waals surface area (Å²) in [5, 5.41) is 1.79. The molecule has 0 N–H and O–H groups in total. The fraction of sp³-hybridized carbons (Fsp3) is 0.0500. The molecule has 0 saturated heterocycles. The van der Waals surface area contributed by atoms with E-state index in [1.165, 1.54) is 23.5 Å². The second-order valence-electron chi connectivity index (χ2n) is 5.25. The highest BCUT2D eigenvalue weighted by Gasteiger charge is 2.14. The van der Waals surface area contributed by atoms with Crippen LogP contribution in [0.2, 0.25) is 0 Å². The minimum atomic E-state index is -0.594. The molecule has 0 atom stereocenters. The number of ether oxygens (including phenoxy) is 1. The number of ketones is 2. The summed E-state index contributed by atoms with van der Waals surface area (Å²) >= 11 is 1.30. The smallest absolute Gasteiger partial charge is 0.338 e. The van der Waals surface area contributed by atoms with Gasteiger partial charge in [-0.3, -0.25) is 9.59 Å². The van der Waals surface area contributed by atoms with Crippen LogP contribution in [0.1, 0.15) is 36.0 Å². The first-order chi connectivity index (χ1) is 12.1. The van der Waals surface area contributed by atoms with Crippen LogP contribution in [-0.2, 0) is 4.74 Å². The Bertz CT molecular complexity index is 881. The third-order valence-electron chi connectivity index (χ3n) is 3.55. The van der Waals surface area contributed by atoms with Gasteiger partial charge in [-0.1, -0.05) is 48.5 Å². The van der Waals surface area contributed by atoms with Crippen molar-refractivity contribution in [2.24, 2.45) is 0 Å². The number of benzene rings is 2. The molecule has 124 valence electrons. The van der Waals surface area contributed by atoms with Crippen LogP contribution in [0.4, 0.5) is 0 Å². The van der Waals surface area contributed by atoms with Gasteiger partial charge in [0.2, 0.25) is 5.78 Å². The van der Waals surface area contributed by atoms with E-state index in [1.54, 1.807) is 53.9 Å². The summed E-state index contributed by atoms with van der Waals surface area (Å²) in [7, 11) is 0. The fourth-order valence-corrected chi connectivity index (χ4v) is 2.89. The van der Waals surface area contributed by atoms with E-state index >= 15 is 0 Å². The van der Waals surface area contributed by atoms with Gasteiger partial charge in [-0.15, -0.1) is 11.3 Å². The van der Waals surface area contributed by atoms with Gasteiger partial charge in [0.25, 0.3) is 0 Å². The molecule has 0 aliphatic carbocycles. The molecule has 0 fully saturated rings. The number of hydrogen-bond acceptors (Lipinski definition) is 5. The number of esters is 1. The zero-order chi connectivity index (χ0) is 17.6. The number of Topliss-reactive ketones (excluding diaryl/α,β-unsaturated/α-hetero) is 1. The molecular weight excluding hydrogens is 336 g/mol. The summed E-state index contributed by atoms with van der Waals surface area (Å²) in [5.41, 5.74) is 1.36. The van der Waals surface area contributed by atoms with Gasteiger partial charge in [0.15, 0.2) is 12.4 Å². The zero-order valence-corrected chi connectivity index (χ0v) is 14.0. The molecule has 1 aromatic heterocycles. The van der Waals surface area contributed by atoms with Gasteiger partial charge in [0.1, 0.15) is 0 Å². The molecule has 0 aliphatic heterocycles. The molecule has 5 heteroatoms. The SMILES string of the molecule is O=C(OCC(=O)c1cccs1)c1ccc(C(=O)c2ccccc2)cc1. The van der Waals surface area contributed by atoms with Crippen LogP contribution in [0.25, 0.3) is 0 Å². The first kappa shape index (κ1) is 16.8. The van der Waals surface area contributed by atoms with Crippen molar-refractivity contribution in [3.05, 3.63) is 93.7 Å². The van der Waals surface area contributed by atoms with Crippen molar-refractivity contribution in [2.45, 2.75) is 0 Å². The van der Waals surface area contributed by atoms with Crippen LogP contribution < -0.4 is 0 Å². The molecule has 0 radical (unpaired) electrons. The van der Waals surface area contributed by atoms with Gasteiger partial charge >= 0.3 is 5.97 Å². The Morgan fingerprint density at radius 1 is 0.760 bits per heavy atom. The van der Waals surface area contributed by atoms with Crippen molar-refractivity contribution in [2.75, 3.05) is 6.61 Å². The largest absolute Gasteiger partial charge is 0.454 e. The van der Waals surface area contributed by atoms with Crippen molar-refractivity contribution >= 4 is 28.9 Å². The minimum Gasteiger partial charge on any atom is -0.454 e. The van der Waals surface area contributed by atoms with Gasteiger partial charge in [-0.05, 0) is 23.6 Å². The topological polar surface area (TPSA) is 60.4 Å². The van der Waals surface area contributed by atoms with Crippen LogP contribution in [0, 0.1) is 0 Å². The Balaban J connectivity index is 1.63. The van der Waals surface area contributed by atoms with E-state index in [0.29, 0.717) is 21.6 Å². The first-order valence-corrected chi connectivity index (χ1v) is 8.47. The van der Waals surface area contributed by atoms with E-state index < -0.39 is 5.97 Å². The molecule has 2 aromatic carbocycles. The van der Waals surface area contributed by atoms with Gasteiger partial charge in [-0.2, -0.15) is 0 Å². The molecule has 0 aliphatic rings. The highest BCUT2D eigenvalue weighted by molar-refractivity contribution is 7.12. The molecule has 3 rings (SSSR count). The van der Waals surface area contributed by atoms with Crippen molar-refractivity contribution in [3.8, 4) is 0 Å². The van der Waals surface area contributed by atoms with E-state index in [-0.39, 0.29) is 18.2 Å². The molecule has 25 heavy (non-hydrogen) atoms. The lowest BCUT2D eigenvalue weighted by atomic mass is 10.0. The van der Waals surface area contributed by atoms with Crippen molar-refractivity contribution in [1.29, 1.82) is 0 Å². The average molecular weight is 350 g/mol. The molecule has 1 heterocycles. The Morgan fingerprint density at radius 2 is 1.40 bits per heavy atom. The monoisotopic (exact) mass is 350 g/mol. The maximum absolute atomic E-state index is 12.3. The Labute approximate surface area is 148 Å². The van der Waals surface area contributed by atoms with Crippen LogP contribution in [0.3, 0.4) is 0 Å². The second kappa shape index (κ2) is 7.68. The molecule has 0 saturated carbocycles. The third-order valence-corrected chi connectivity index (χ3v) is 4.46. The number of rotatable bonds is 6. The van der Waals surface area contributed by atoms with Crippen molar-refractivity contribution in [1.82, 2.24) is 0 Å². The summed E-state index contributed by atoms with van der Waals surface area (Å²) in [6.07, 6.45) is 0. The Kier molecular flexibility index (Phi) is 5.16. The summed E-state index contributed by atoms with van der Waals surface area (Å²) in [6.45, 7) is -0.302. The average Bonchev–Trinajstić information content (AvgIpc) is 3.21. The molecule has 0 spiro atoms. The molecule has 4 nitrogen and oxygen atoms in total. The predicted molar refractivity (Wildman–Crippen MR) is 95.2 cm³/mol. The summed E-state index contributed by atoms with van der Waals surface area (Å²) < 4.78 is 5.03. The Morgan fingerprint density at radius 3 is 2.04 bits per heavy atom. The van der Waals surface area contributed by atoms with E-state index in [4.69, 9.17) is 4.74 Å². The number of carbonyl (C=O) groups excluding carboxylic acids is 3. The van der Waals surface area contributed by atoms with E-state index in [1.807, 2.05) is 6.07 Å². The van der Waals surface area contributed by atoms with E-state index in [9.17, 15) is 14.4 Å². The highest BCUT2D eigenvalue weighted by Crippen LogP contribution is 2.13. The van der Waals surface area contributed by atoms with E-state index in [0.717, 1.165) is 0 Å². The van der Waals surface area contributed by atoms with Gasteiger partial charge < -0.3 is 4.74 Å². The first-order valence-electron chi connectivity index (χ1n) is 7.59. The van der Waals surface area contributed by atoms with E-state index in [2.05, 4.69) is 0 Å². The lowest BCUT2D eigenvalue weighted by Gasteiger charge is -2.05. The minimum absolute atomic E-state index is 0.117. The Hall–Kier alpha value is -3.05. The van der Waals surface area contributed by atoms with Crippen LogP contribution in [-0.4, -0.2) is 24.1 Å². The maximum atomic E-state index is 12.3. The summed E-state index contributed by atoms with van der Waals surface area (Å²) in [6, 6.07) is 18.6.